The van der Waals surface area contributed by atoms with Crippen LogP contribution in [0.15, 0.2) is 42.5 Å². The molecular weight excluding hydrogens is 270 g/mol. The highest BCUT2D eigenvalue weighted by Gasteiger charge is 2.13. The van der Waals surface area contributed by atoms with Crippen LogP contribution in [0.4, 0.5) is 0 Å². The van der Waals surface area contributed by atoms with E-state index < -0.39 is 0 Å². The van der Waals surface area contributed by atoms with E-state index in [0.29, 0.717) is 0 Å². The Bertz CT molecular complexity index is 814. The Morgan fingerprint density at radius 1 is 1.14 bits per heavy atom. The van der Waals surface area contributed by atoms with Gasteiger partial charge in [0.2, 0.25) is 0 Å². The molecule has 112 valence electrons. The van der Waals surface area contributed by atoms with E-state index in [0.717, 1.165) is 40.4 Å². The van der Waals surface area contributed by atoms with Crippen molar-refractivity contribution >= 4 is 17.2 Å². The van der Waals surface area contributed by atoms with Crippen molar-refractivity contribution in [2.75, 3.05) is 0 Å². The molecule has 3 rings (SSSR count). The lowest BCUT2D eigenvalue weighted by molar-refractivity contribution is 0.112. The highest BCUT2D eigenvalue weighted by atomic mass is 16.1. The maximum Gasteiger partial charge on any atom is 0.152 e. The Hall–Kier alpha value is -2.35. The Morgan fingerprint density at radius 2 is 2.00 bits per heavy atom. The molecular formula is C20H21NO. The molecule has 0 aliphatic carbocycles. The largest absolute Gasteiger partial charge is 0.354 e. The minimum absolute atomic E-state index is 0.763. The first-order valence-corrected chi connectivity index (χ1v) is 7.89. The summed E-state index contributed by atoms with van der Waals surface area (Å²) in [6.07, 6.45) is 4.40. The van der Waals surface area contributed by atoms with E-state index >= 15 is 0 Å². The molecule has 0 radical (unpaired) electrons. The van der Waals surface area contributed by atoms with Crippen molar-refractivity contribution in [2.24, 2.45) is 0 Å². The molecule has 0 spiro atoms. The molecule has 0 atom stereocenters. The molecule has 3 aromatic rings. The van der Waals surface area contributed by atoms with Crippen LogP contribution in [0.1, 0.15) is 41.3 Å². The van der Waals surface area contributed by atoms with E-state index in [1.807, 2.05) is 12.1 Å². The maximum atomic E-state index is 11.7. The van der Waals surface area contributed by atoms with Gasteiger partial charge in [0.05, 0.1) is 5.69 Å². The number of fused-ring (bicyclic) bond motifs is 1. The zero-order valence-corrected chi connectivity index (χ0v) is 13.1. The normalized spacial score (nSPS) is 11.0. The predicted molar refractivity (Wildman–Crippen MR) is 92.5 cm³/mol. The smallest absolute Gasteiger partial charge is 0.152 e. The number of aldehydes is 1. The van der Waals surface area contributed by atoms with Gasteiger partial charge in [0.1, 0.15) is 0 Å². The van der Waals surface area contributed by atoms with E-state index in [9.17, 15) is 4.79 Å². The lowest BCUT2D eigenvalue weighted by Gasteiger charge is -2.01. The number of aromatic amines is 1. The average molecular weight is 291 g/mol. The summed E-state index contributed by atoms with van der Waals surface area (Å²) in [4.78, 5) is 15.1. The van der Waals surface area contributed by atoms with E-state index in [1.165, 1.54) is 24.0 Å². The molecule has 0 aliphatic rings. The van der Waals surface area contributed by atoms with Gasteiger partial charge in [-0.25, -0.2) is 0 Å². The summed E-state index contributed by atoms with van der Waals surface area (Å²) in [6.45, 7) is 4.26. The molecule has 2 nitrogen and oxygen atoms in total. The van der Waals surface area contributed by atoms with Crippen molar-refractivity contribution in [3.8, 4) is 11.3 Å². The van der Waals surface area contributed by atoms with Crippen molar-refractivity contribution in [3.05, 3.63) is 59.2 Å². The van der Waals surface area contributed by atoms with Crippen LogP contribution < -0.4 is 0 Å². The van der Waals surface area contributed by atoms with Gasteiger partial charge in [0.15, 0.2) is 6.29 Å². The molecule has 0 aliphatic heterocycles. The second kappa shape index (κ2) is 6.18. The predicted octanol–water partition coefficient (Wildman–Crippen LogP) is 5.30. The molecule has 1 heterocycles. The number of hydrogen-bond donors (Lipinski definition) is 1. The van der Waals surface area contributed by atoms with Crippen LogP contribution >= 0.6 is 0 Å². The fourth-order valence-corrected chi connectivity index (χ4v) is 2.95. The number of carbonyl (C=O) groups is 1. The van der Waals surface area contributed by atoms with Crippen LogP contribution in [0.2, 0.25) is 0 Å². The molecule has 2 aromatic carbocycles. The van der Waals surface area contributed by atoms with Crippen LogP contribution in [-0.2, 0) is 6.42 Å². The van der Waals surface area contributed by atoms with Crippen molar-refractivity contribution in [1.82, 2.24) is 4.98 Å². The topological polar surface area (TPSA) is 32.9 Å². The monoisotopic (exact) mass is 291 g/mol. The minimum atomic E-state index is 0.763. The summed E-state index contributed by atoms with van der Waals surface area (Å²) >= 11 is 0. The number of hydrogen-bond acceptors (Lipinski definition) is 1. The number of aryl methyl sites for hydroxylation is 2. The summed E-state index contributed by atoms with van der Waals surface area (Å²) in [7, 11) is 0. The van der Waals surface area contributed by atoms with Crippen LogP contribution in [0.5, 0.6) is 0 Å². The number of aromatic nitrogens is 1. The third-order valence-corrected chi connectivity index (χ3v) is 4.15. The summed E-state index contributed by atoms with van der Waals surface area (Å²) in [5, 5.41) is 1.03. The SMILES string of the molecule is CCCCc1ccc2[nH]c(-c3cccc(C)c3)c(C=O)c2c1. The van der Waals surface area contributed by atoms with Gasteiger partial charge in [0, 0.05) is 16.5 Å². The Kier molecular flexibility index (Phi) is 4.10. The first kappa shape index (κ1) is 14.6. The molecule has 0 amide bonds. The van der Waals surface area contributed by atoms with Gasteiger partial charge in [0.25, 0.3) is 0 Å². The summed E-state index contributed by atoms with van der Waals surface area (Å²) in [5.74, 6) is 0. The molecule has 22 heavy (non-hydrogen) atoms. The second-order valence-electron chi connectivity index (χ2n) is 5.88. The standard InChI is InChI=1S/C20H21NO/c1-3-4-7-15-9-10-19-17(12-15)18(13-22)20(21-19)16-8-5-6-14(2)11-16/h5-6,8-13,21H,3-4,7H2,1-2H3. The van der Waals surface area contributed by atoms with Crippen LogP contribution in [0.25, 0.3) is 22.2 Å². The maximum absolute atomic E-state index is 11.7. The number of carbonyl (C=O) groups excluding carboxylic acids is 1. The van der Waals surface area contributed by atoms with Gasteiger partial charge in [-0.2, -0.15) is 0 Å². The van der Waals surface area contributed by atoms with Gasteiger partial charge in [-0.15, -0.1) is 0 Å². The van der Waals surface area contributed by atoms with Gasteiger partial charge in [-0.1, -0.05) is 43.2 Å². The van der Waals surface area contributed by atoms with E-state index in [1.54, 1.807) is 0 Å². The first-order chi connectivity index (χ1) is 10.7. The third-order valence-electron chi connectivity index (χ3n) is 4.15. The Balaban J connectivity index is 2.13. The van der Waals surface area contributed by atoms with Gasteiger partial charge in [-0.05, 0) is 49.1 Å². The number of unbranched alkanes of at least 4 members (excludes halogenated alkanes) is 1. The zero-order valence-electron chi connectivity index (χ0n) is 13.1. The molecule has 0 bridgehead atoms. The lowest BCUT2D eigenvalue weighted by Crippen LogP contribution is -1.86. The molecule has 1 aromatic heterocycles. The molecule has 0 saturated carbocycles. The van der Waals surface area contributed by atoms with E-state index in [2.05, 4.69) is 49.2 Å². The summed E-state index contributed by atoms with van der Waals surface area (Å²) in [5.41, 5.74) is 6.26. The molecule has 0 unspecified atom stereocenters. The van der Waals surface area contributed by atoms with Crippen molar-refractivity contribution in [3.63, 3.8) is 0 Å². The highest BCUT2D eigenvalue weighted by Crippen LogP contribution is 2.30. The first-order valence-electron chi connectivity index (χ1n) is 7.89. The second-order valence-corrected chi connectivity index (χ2v) is 5.88. The fourth-order valence-electron chi connectivity index (χ4n) is 2.95. The Labute approximate surface area is 131 Å². The lowest BCUT2D eigenvalue weighted by atomic mass is 10.0. The number of nitrogens with one attached hydrogen (secondary N) is 1. The number of H-pyrrole nitrogens is 1. The van der Waals surface area contributed by atoms with E-state index in [4.69, 9.17) is 0 Å². The number of rotatable bonds is 5. The fraction of sp³-hybridized carbons (Fsp3) is 0.250. The van der Waals surface area contributed by atoms with Gasteiger partial charge >= 0.3 is 0 Å². The van der Waals surface area contributed by atoms with Crippen LogP contribution in [-0.4, -0.2) is 11.3 Å². The van der Waals surface area contributed by atoms with Crippen LogP contribution in [0.3, 0.4) is 0 Å². The summed E-state index contributed by atoms with van der Waals surface area (Å²) < 4.78 is 0. The Morgan fingerprint density at radius 3 is 2.73 bits per heavy atom. The zero-order chi connectivity index (χ0) is 15.5. The highest BCUT2D eigenvalue weighted by molar-refractivity contribution is 6.04. The third kappa shape index (κ3) is 2.69. The van der Waals surface area contributed by atoms with Crippen molar-refractivity contribution in [2.45, 2.75) is 33.1 Å². The quantitative estimate of drug-likeness (QED) is 0.636. The molecule has 2 heteroatoms. The number of benzene rings is 2. The summed E-state index contributed by atoms with van der Waals surface area (Å²) in [6, 6.07) is 14.6. The van der Waals surface area contributed by atoms with Crippen LogP contribution in [0, 0.1) is 6.92 Å². The molecule has 0 saturated heterocycles. The minimum Gasteiger partial charge on any atom is -0.354 e. The molecule has 0 fully saturated rings. The van der Waals surface area contributed by atoms with Gasteiger partial charge < -0.3 is 4.98 Å². The van der Waals surface area contributed by atoms with Crippen molar-refractivity contribution < 1.29 is 4.79 Å². The average Bonchev–Trinajstić information content (AvgIpc) is 2.90. The molecule has 1 N–H and O–H groups in total. The van der Waals surface area contributed by atoms with E-state index in [-0.39, 0.29) is 0 Å². The van der Waals surface area contributed by atoms with Crippen molar-refractivity contribution in [1.29, 1.82) is 0 Å². The van der Waals surface area contributed by atoms with Gasteiger partial charge in [-0.3, -0.25) is 4.79 Å².